The number of ether oxygens (including phenoxy) is 1. The molecule has 4 rings (SSSR count). The van der Waals surface area contributed by atoms with Crippen molar-refractivity contribution < 1.29 is 23.3 Å². The molecule has 8 heteroatoms. The summed E-state index contributed by atoms with van der Waals surface area (Å²) in [5.41, 5.74) is 7.08. The number of nitrogens with two attached hydrogens (primary N) is 1. The van der Waals surface area contributed by atoms with Gasteiger partial charge < -0.3 is 19.4 Å². The number of benzene rings is 1. The Morgan fingerprint density at radius 1 is 1.14 bits per heavy atom. The van der Waals surface area contributed by atoms with Crippen LogP contribution in [0.5, 0.6) is 0 Å². The predicted molar refractivity (Wildman–Crippen MR) is 98.0 cm³/mol. The normalized spacial score (nSPS) is 12.0. The Kier molecular flexibility index (Phi) is 4.36. The third kappa shape index (κ3) is 3.11. The summed E-state index contributed by atoms with van der Waals surface area (Å²) < 4.78 is 16.0. The van der Waals surface area contributed by atoms with Crippen LogP contribution in [0.1, 0.15) is 27.7 Å². The van der Waals surface area contributed by atoms with Crippen LogP contribution in [0.15, 0.2) is 63.7 Å². The lowest BCUT2D eigenvalue weighted by atomic mass is 10.1. The number of rotatable bonds is 5. The van der Waals surface area contributed by atoms with Gasteiger partial charge in [-0.2, -0.15) is 0 Å². The molecule has 0 aliphatic heterocycles. The zero-order valence-electron chi connectivity index (χ0n) is 14.8. The fourth-order valence-electron chi connectivity index (χ4n) is 2.89. The summed E-state index contributed by atoms with van der Waals surface area (Å²) in [7, 11) is 0. The molecule has 0 aliphatic rings. The predicted octanol–water partition coefficient (Wildman–Crippen LogP) is 3.17. The van der Waals surface area contributed by atoms with Gasteiger partial charge in [0.1, 0.15) is 5.69 Å². The molecule has 0 bridgehead atoms. The third-order valence-corrected chi connectivity index (χ3v) is 4.20. The van der Waals surface area contributed by atoms with Gasteiger partial charge in [0.05, 0.1) is 22.9 Å². The minimum atomic E-state index is -1.23. The number of amides is 1. The van der Waals surface area contributed by atoms with Crippen molar-refractivity contribution in [1.29, 1.82) is 0 Å². The van der Waals surface area contributed by atoms with Crippen molar-refractivity contribution in [2.24, 2.45) is 5.73 Å². The van der Waals surface area contributed by atoms with Gasteiger partial charge in [0.25, 0.3) is 11.6 Å². The summed E-state index contributed by atoms with van der Waals surface area (Å²) in [5.74, 6) is -1.09. The lowest BCUT2D eigenvalue weighted by molar-refractivity contribution is -0.127. The average molecular weight is 377 g/mol. The molecule has 0 saturated heterocycles. The number of hydrogen-bond donors (Lipinski definition) is 1. The Labute approximate surface area is 158 Å². The van der Waals surface area contributed by atoms with E-state index in [1.165, 1.54) is 12.3 Å². The van der Waals surface area contributed by atoms with Gasteiger partial charge in [-0.15, -0.1) is 0 Å². The number of hydrogen-bond acceptors (Lipinski definition) is 7. The van der Waals surface area contributed by atoms with Crippen molar-refractivity contribution in [3.63, 3.8) is 0 Å². The van der Waals surface area contributed by atoms with Gasteiger partial charge in [0.15, 0.2) is 5.76 Å². The van der Waals surface area contributed by atoms with Crippen molar-refractivity contribution in [1.82, 2.24) is 10.1 Å². The van der Waals surface area contributed by atoms with Gasteiger partial charge in [-0.25, -0.2) is 9.78 Å². The highest BCUT2D eigenvalue weighted by Crippen LogP contribution is 2.29. The summed E-state index contributed by atoms with van der Waals surface area (Å²) in [4.78, 5) is 29.2. The summed E-state index contributed by atoms with van der Waals surface area (Å²) >= 11 is 0. The van der Waals surface area contributed by atoms with Crippen molar-refractivity contribution in [2.75, 3.05) is 0 Å². The molecule has 0 aliphatic carbocycles. The number of nitrogens with zero attached hydrogens (tertiary/aromatic N) is 2. The maximum Gasteiger partial charge on any atom is 0.340 e. The van der Waals surface area contributed by atoms with Crippen LogP contribution in [-0.2, 0) is 9.53 Å². The molecule has 0 spiro atoms. The number of fused-ring (bicyclic) bond motifs is 1. The van der Waals surface area contributed by atoms with E-state index in [-0.39, 0.29) is 11.3 Å². The molecule has 28 heavy (non-hydrogen) atoms. The van der Waals surface area contributed by atoms with Gasteiger partial charge in [-0.1, -0.05) is 35.5 Å². The number of esters is 1. The van der Waals surface area contributed by atoms with Crippen LogP contribution in [0, 0.1) is 6.92 Å². The molecule has 1 amide bonds. The Hall–Kier alpha value is -3.94. The van der Waals surface area contributed by atoms with Gasteiger partial charge in [0.2, 0.25) is 6.10 Å². The molecule has 3 aromatic heterocycles. The SMILES string of the molecule is Cc1noc2nc(-c3ccco3)cc(C(=O)OC(C(N)=O)c3ccccc3)c12. The van der Waals surface area contributed by atoms with Crippen LogP contribution in [0.2, 0.25) is 0 Å². The van der Waals surface area contributed by atoms with Gasteiger partial charge >= 0.3 is 5.97 Å². The standard InChI is InChI=1S/C20H15N3O5/c1-11-16-13(10-14(15-8-5-9-26-15)22-19(16)28-23-11)20(25)27-17(18(21)24)12-6-3-2-4-7-12/h2-10,17H,1H3,(H2,21,24). The van der Waals surface area contributed by atoms with E-state index in [2.05, 4.69) is 10.1 Å². The summed E-state index contributed by atoms with van der Waals surface area (Å²) in [6.07, 6.45) is 0.257. The minimum Gasteiger partial charge on any atom is -0.463 e. The van der Waals surface area contributed by atoms with Crippen LogP contribution in [-0.4, -0.2) is 22.0 Å². The number of carbonyl (C=O) groups is 2. The zero-order valence-corrected chi connectivity index (χ0v) is 14.8. The van der Waals surface area contributed by atoms with Crippen molar-refractivity contribution >= 4 is 23.0 Å². The maximum atomic E-state index is 13.0. The van der Waals surface area contributed by atoms with Gasteiger partial charge in [0, 0.05) is 5.56 Å². The summed E-state index contributed by atoms with van der Waals surface area (Å²) in [6.45, 7) is 1.68. The first-order valence-electron chi connectivity index (χ1n) is 8.40. The molecule has 1 unspecified atom stereocenters. The smallest absolute Gasteiger partial charge is 0.340 e. The number of carbonyl (C=O) groups excluding carboxylic acids is 2. The quantitative estimate of drug-likeness (QED) is 0.530. The molecule has 0 fully saturated rings. The average Bonchev–Trinajstić information content (AvgIpc) is 3.36. The molecule has 140 valence electrons. The number of furan rings is 1. The van der Waals surface area contributed by atoms with Crippen LogP contribution in [0.4, 0.5) is 0 Å². The number of pyridine rings is 1. The van der Waals surface area contributed by atoms with E-state index in [4.69, 9.17) is 19.4 Å². The molecule has 1 aromatic carbocycles. The van der Waals surface area contributed by atoms with Crippen molar-refractivity contribution in [2.45, 2.75) is 13.0 Å². The second-order valence-electron chi connectivity index (χ2n) is 6.08. The minimum absolute atomic E-state index is 0.150. The molecule has 4 aromatic rings. The van der Waals surface area contributed by atoms with E-state index in [1.807, 2.05) is 0 Å². The van der Waals surface area contributed by atoms with E-state index in [0.717, 1.165) is 0 Å². The second kappa shape index (κ2) is 6.99. The van der Waals surface area contributed by atoms with Crippen LogP contribution >= 0.6 is 0 Å². The highest BCUT2D eigenvalue weighted by atomic mass is 16.5. The summed E-state index contributed by atoms with van der Waals surface area (Å²) in [6, 6.07) is 13.5. The zero-order chi connectivity index (χ0) is 19.7. The second-order valence-corrected chi connectivity index (χ2v) is 6.08. The molecular formula is C20H15N3O5. The van der Waals surface area contributed by atoms with Crippen LogP contribution in [0.3, 0.4) is 0 Å². The topological polar surface area (TPSA) is 121 Å². The highest BCUT2D eigenvalue weighted by molar-refractivity contribution is 6.05. The van der Waals surface area contributed by atoms with Gasteiger partial charge in [-0.05, 0) is 25.1 Å². The van der Waals surface area contributed by atoms with Crippen LogP contribution in [0.25, 0.3) is 22.6 Å². The Morgan fingerprint density at radius 2 is 1.93 bits per heavy atom. The first kappa shape index (κ1) is 17.5. The van der Waals surface area contributed by atoms with E-state index in [0.29, 0.717) is 28.1 Å². The fraction of sp³-hybridized carbons (Fsp3) is 0.100. The molecular weight excluding hydrogens is 362 g/mol. The number of aromatic nitrogens is 2. The van der Waals surface area contributed by atoms with Crippen LogP contribution < -0.4 is 5.73 Å². The van der Waals surface area contributed by atoms with E-state index in [1.54, 1.807) is 49.4 Å². The largest absolute Gasteiger partial charge is 0.463 e. The molecule has 8 nitrogen and oxygen atoms in total. The molecule has 1 atom stereocenters. The molecule has 3 heterocycles. The molecule has 0 saturated carbocycles. The third-order valence-electron chi connectivity index (χ3n) is 4.20. The van der Waals surface area contributed by atoms with Crippen molar-refractivity contribution in [3.05, 3.63) is 71.6 Å². The first-order chi connectivity index (χ1) is 13.5. The molecule has 0 radical (unpaired) electrons. The van der Waals surface area contributed by atoms with E-state index in [9.17, 15) is 9.59 Å². The van der Waals surface area contributed by atoms with Gasteiger partial charge in [-0.3, -0.25) is 4.79 Å². The maximum absolute atomic E-state index is 13.0. The van der Waals surface area contributed by atoms with E-state index < -0.39 is 18.0 Å². The highest BCUT2D eigenvalue weighted by Gasteiger charge is 2.27. The first-order valence-corrected chi connectivity index (χ1v) is 8.40. The lowest BCUT2D eigenvalue weighted by Gasteiger charge is -2.15. The van der Waals surface area contributed by atoms with E-state index >= 15 is 0 Å². The Balaban J connectivity index is 1.78. The Morgan fingerprint density at radius 3 is 2.61 bits per heavy atom. The summed E-state index contributed by atoms with van der Waals surface area (Å²) in [5, 5.41) is 4.27. The Bertz CT molecular complexity index is 1150. The molecule has 2 N–H and O–H groups in total. The monoisotopic (exact) mass is 377 g/mol. The van der Waals surface area contributed by atoms with Crippen molar-refractivity contribution in [3.8, 4) is 11.5 Å². The lowest BCUT2D eigenvalue weighted by Crippen LogP contribution is -2.26. The fourth-order valence-corrected chi connectivity index (χ4v) is 2.89. The number of primary amides is 1. The number of aryl methyl sites for hydroxylation is 1.